The Hall–Kier alpha value is -13.8. The molecule has 0 saturated carbocycles. The molecule has 0 bridgehead atoms. The minimum Gasteiger partial charge on any atom is -0.0616 e. The first-order valence-electron chi connectivity index (χ1n) is 39.4. The molecule has 0 atom stereocenters. The number of rotatable bonds is 7. The van der Waals surface area contributed by atoms with Gasteiger partial charge < -0.3 is 0 Å². The number of hydrogen-bond donors (Lipinski definition) is 0. The second kappa shape index (κ2) is 25.4. The molecule has 2 aliphatic carbocycles. The largest absolute Gasteiger partial charge is 0.0616 e. The molecule has 0 nitrogen and oxygen atoms in total. The molecule has 0 unspecified atom stereocenters. The first-order chi connectivity index (χ1) is 55.0. The lowest BCUT2D eigenvalue weighted by Crippen LogP contribution is -2.15. The lowest BCUT2D eigenvalue weighted by molar-refractivity contribution is 0.661. The summed E-state index contributed by atoms with van der Waals surface area (Å²) in [6, 6.07) is 145. The normalized spacial score (nSPS) is 13.1. The van der Waals surface area contributed by atoms with Crippen LogP contribution in [0.4, 0.5) is 0 Å². The zero-order valence-electron chi connectivity index (χ0n) is 63.0. The second-order valence-electron chi connectivity index (χ2n) is 32.1. The van der Waals surface area contributed by atoms with E-state index in [9.17, 15) is 0 Å². The molecule has 0 heterocycles. The van der Waals surface area contributed by atoms with Crippen LogP contribution < -0.4 is 0 Å². The summed E-state index contributed by atoms with van der Waals surface area (Å²) in [6.07, 6.45) is 0. The molecule has 0 aliphatic heterocycles. The zero-order valence-corrected chi connectivity index (χ0v) is 63.0. The Labute approximate surface area is 652 Å². The molecule has 0 N–H and O–H groups in total. The van der Waals surface area contributed by atoms with Gasteiger partial charge in [0, 0.05) is 10.8 Å². The van der Waals surface area contributed by atoms with Gasteiger partial charge in [-0.1, -0.05) is 355 Å². The van der Waals surface area contributed by atoms with E-state index in [1.54, 1.807) is 0 Å². The maximum atomic E-state index is 2.55. The summed E-state index contributed by atoms with van der Waals surface area (Å²) in [5.41, 5.74) is 28.2. The van der Waals surface area contributed by atoms with E-state index < -0.39 is 0 Å². The van der Waals surface area contributed by atoms with E-state index >= 15 is 0 Å². The lowest BCUT2D eigenvalue weighted by atomic mass is 9.79. The molecule has 23 rings (SSSR count). The van der Waals surface area contributed by atoms with Crippen LogP contribution in [-0.2, 0) is 10.8 Å². The van der Waals surface area contributed by atoms with E-state index in [4.69, 9.17) is 0 Å². The van der Waals surface area contributed by atoms with Crippen LogP contribution in [0.5, 0.6) is 0 Å². The smallest absolute Gasteiger partial charge is 0.0159 e. The first kappa shape index (κ1) is 65.3. The van der Waals surface area contributed by atoms with Gasteiger partial charge in [-0.15, -0.1) is 0 Å². The fourth-order valence-electron chi connectivity index (χ4n) is 19.6. The van der Waals surface area contributed by atoms with Crippen molar-refractivity contribution in [3.05, 3.63) is 411 Å². The van der Waals surface area contributed by atoms with Crippen molar-refractivity contribution in [3.63, 3.8) is 0 Å². The summed E-state index contributed by atoms with van der Waals surface area (Å²) in [7, 11) is 0. The molecule has 0 saturated heterocycles. The monoisotopic (exact) mass is 1420 g/mol. The van der Waals surface area contributed by atoms with Crippen LogP contribution in [0.3, 0.4) is 0 Å². The third-order valence-corrected chi connectivity index (χ3v) is 25.2. The summed E-state index contributed by atoms with van der Waals surface area (Å²) < 4.78 is 0. The SMILES string of the molecule is CC1(C)c2cc(-c3ccc(-c4cccc5ccccc45)cc3)ccc2-c2cc3c(-c4ccc5ccccc5c4)c4ccccc4c(-c4ccc5ccccc5c4)c3cc21.CC1(C)c2cc(-c3cccc4ccccc34)ccc2-c2cc3c(-c4ccc5ccccc5c4)c4ccccc4c(-c4ccc5ccccc5c4)c3cc21. The maximum absolute atomic E-state index is 2.55. The molecule has 2 aliphatic rings. The van der Waals surface area contributed by atoms with E-state index in [0.29, 0.717) is 0 Å². The molecule has 0 radical (unpaired) electrons. The molecule has 0 aromatic heterocycles. The topological polar surface area (TPSA) is 0 Å². The van der Waals surface area contributed by atoms with Gasteiger partial charge in [-0.05, 0) is 291 Å². The fraction of sp³-hybridized carbons (Fsp3) is 0.0536. The van der Waals surface area contributed by atoms with Gasteiger partial charge in [0.25, 0.3) is 0 Å². The number of fused-ring (bicyclic) bond motifs is 16. The average molecular weight is 1420 g/mol. The van der Waals surface area contributed by atoms with E-state index in [-0.39, 0.29) is 10.8 Å². The Morgan fingerprint density at radius 2 is 0.393 bits per heavy atom. The quantitative estimate of drug-likeness (QED) is 0.140. The summed E-state index contributed by atoms with van der Waals surface area (Å²) in [6.45, 7) is 9.66. The molecular weight excluding hydrogens is 1350 g/mol. The van der Waals surface area contributed by atoms with Crippen LogP contribution in [0.2, 0.25) is 0 Å². The van der Waals surface area contributed by atoms with Gasteiger partial charge in [-0.2, -0.15) is 0 Å². The van der Waals surface area contributed by atoms with E-state index in [1.165, 1.54) is 230 Å². The first-order valence-corrected chi connectivity index (χ1v) is 39.4. The molecule has 0 spiro atoms. The number of hydrogen-bond acceptors (Lipinski definition) is 0. The van der Waals surface area contributed by atoms with Crippen molar-refractivity contribution in [1.82, 2.24) is 0 Å². The summed E-state index contributed by atoms with van der Waals surface area (Å²) in [4.78, 5) is 0. The third kappa shape index (κ3) is 10.4. The average Bonchev–Trinajstić information content (AvgIpc) is 1.43. The Kier molecular flexibility index (Phi) is 14.8. The van der Waals surface area contributed by atoms with Crippen LogP contribution in [0.1, 0.15) is 49.9 Å². The van der Waals surface area contributed by atoms with Crippen molar-refractivity contribution in [2.45, 2.75) is 38.5 Å². The van der Waals surface area contributed by atoms with Gasteiger partial charge in [0.2, 0.25) is 0 Å². The van der Waals surface area contributed by atoms with Gasteiger partial charge in [0.05, 0.1) is 0 Å². The van der Waals surface area contributed by atoms with Gasteiger partial charge >= 0.3 is 0 Å². The highest BCUT2D eigenvalue weighted by molar-refractivity contribution is 6.25. The van der Waals surface area contributed by atoms with E-state index in [0.717, 1.165) is 0 Å². The van der Waals surface area contributed by atoms with Crippen molar-refractivity contribution >= 4 is 108 Å². The van der Waals surface area contributed by atoms with E-state index in [2.05, 4.69) is 416 Å². The van der Waals surface area contributed by atoms with Gasteiger partial charge in [0.1, 0.15) is 0 Å². The van der Waals surface area contributed by atoms with Crippen molar-refractivity contribution < 1.29 is 0 Å². The summed E-state index contributed by atoms with van der Waals surface area (Å²) in [5, 5.41) is 25.5. The molecule has 0 heteroatoms. The Balaban J connectivity index is 0.000000138. The number of benzene rings is 21. The van der Waals surface area contributed by atoms with Gasteiger partial charge in [-0.25, -0.2) is 0 Å². The highest BCUT2D eigenvalue weighted by Gasteiger charge is 2.39. The standard InChI is InChI=1S/C59H40.C53H36/c1-59(2)55-34-44(39-22-26-41(27-23-39)48-21-11-17-40-14-7-8-18-47(40)48)30-31-49(55)52-35-53-54(36-56(52)59)58(46-29-25-38-13-4-6-16-43(38)33-46)51-20-10-9-19-50(51)57(53)45-28-24-37-12-3-5-15-42(37)32-45;1-53(2)49-30-38(42-21-11-17-35-14-7-8-18-41(35)42)26-27-43(49)46-31-47-48(32-50(46)53)52(40-25-23-34-13-4-6-16-37(34)29-40)45-20-10-9-19-44(45)51(47)39-24-22-33-12-3-5-15-36(33)28-39/h3-36H,1-2H3;3-32H,1-2H3. The summed E-state index contributed by atoms with van der Waals surface area (Å²) in [5.74, 6) is 0. The van der Waals surface area contributed by atoms with Crippen LogP contribution in [0.15, 0.2) is 388 Å². The van der Waals surface area contributed by atoms with Crippen LogP contribution in [0, 0.1) is 0 Å². The van der Waals surface area contributed by atoms with Gasteiger partial charge in [0.15, 0.2) is 0 Å². The van der Waals surface area contributed by atoms with Crippen LogP contribution in [-0.4, -0.2) is 0 Å². The predicted molar refractivity (Wildman–Crippen MR) is 481 cm³/mol. The van der Waals surface area contributed by atoms with Crippen molar-refractivity contribution in [2.24, 2.45) is 0 Å². The van der Waals surface area contributed by atoms with Crippen molar-refractivity contribution in [2.75, 3.05) is 0 Å². The van der Waals surface area contributed by atoms with Crippen LogP contribution in [0.25, 0.3) is 208 Å². The lowest BCUT2D eigenvalue weighted by Gasteiger charge is -2.24. The molecule has 112 heavy (non-hydrogen) atoms. The van der Waals surface area contributed by atoms with Gasteiger partial charge in [-0.3, -0.25) is 0 Å². The molecule has 0 fully saturated rings. The predicted octanol–water partition coefficient (Wildman–Crippen LogP) is 31.2. The fourth-order valence-corrected chi connectivity index (χ4v) is 19.6. The van der Waals surface area contributed by atoms with Crippen LogP contribution >= 0.6 is 0 Å². The minimum atomic E-state index is -0.201. The zero-order chi connectivity index (χ0) is 74.5. The molecule has 0 amide bonds. The Bertz CT molecular complexity index is 7540. The molecule has 21 aromatic carbocycles. The van der Waals surface area contributed by atoms with Crippen molar-refractivity contribution in [3.8, 4) is 100 Å². The maximum Gasteiger partial charge on any atom is 0.0159 e. The second-order valence-corrected chi connectivity index (χ2v) is 32.1. The molecular formula is C112H76. The highest BCUT2D eigenvalue weighted by atomic mass is 14.4. The minimum absolute atomic E-state index is 0.186. The Morgan fingerprint density at radius 1 is 0.134 bits per heavy atom. The van der Waals surface area contributed by atoms with E-state index in [1.807, 2.05) is 0 Å². The highest BCUT2D eigenvalue weighted by Crippen LogP contribution is 2.57. The molecule has 524 valence electrons. The Morgan fingerprint density at radius 3 is 0.768 bits per heavy atom. The summed E-state index contributed by atoms with van der Waals surface area (Å²) >= 11 is 0. The van der Waals surface area contributed by atoms with Crippen molar-refractivity contribution in [1.29, 1.82) is 0 Å². The third-order valence-electron chi connectivity index (χ3n) is 25.2. The molecule has 21 aromatic rings.